The van der Waals surface area contributed by atoms with Gasteiger partial charge in [0.2, 0.25) is 5.88 Å². The third-order valence-electron chi connectivity index (χ3n) is 4.37. The molecule has 0 amide bonds. The predicted octanol–water partition coefficient (Wildman–Crippen LogP) is 0.871. The summed E-state index contributed by atoms with van der Waals surface area (Å²) >= 11 is 0. The van der Waals surface area contributed by atoms with Crippen LogP contribution < -0.4 is 16.2 Å². The Bertz CT molecular complexity index is 750. The molecule has 0 bridgehead atoms. The lowest BCUT2D eigenvalue weighted by Gasteiger charge is -2.31. The molecule has 27 heavy (non-hydrogen) atoms. The van der Waals surface area contributed by atoms with Crippen molar-refractivity contribution in [3.63, 3.8) is 0 Å². The van der Waals surface area contributed by atoms with Crippen LogP contribution in [0.1, 0.15) is 40.8 Å². The van der Waals surface area contributed by atoms with Crippen molar-refractivity contribution in [1.29, 1.82) is 0 Å². The number of hydrogen-bond acceptors (Lipinski definition) is 9. The maximum Gasteiger partial charge on any atom is 0.353 e. The summed E-state index contributed by atoms with van der Waals surface area (Å²) in [4.78, 5) is 16.3. The van der Waals surface area contributed by atoms with Crippen molar-refractivity contribution in [3.05, 3.63) is 16.7 Å². The molecule has 1 saturated heterocycles. The first-order chi connectivity index (χ1) is 12.4. The highest BCUT2D eigenvalue weighted by Gasteiger charge is 2.58. The average molecular weight is 403 g/mol. The monoisotopic (exact) mass is 403 g/mol. The molecule has 152 valence electrons. The van der Waals surface area contributed by atoms with Gasteiger partial charge in [0.25, 0.3) is 0 Å². The van der Waals surface area contributed by atoms with E-state index in [4.69, 9.17) is 19.7 Å². The second kappa shape index (κ2) is 7.81. The van der Waals surface area contributed by atoms with E-state index in [1.807, 2.05) is 13.8 Å². The number of anilines is 1. The van der Waals surface area contributed by atoms with Gasteiger partial charge in [0.1, 0.15) is 29.1 Å². The van der Waals surface area contributed by atoms with Gasteiger partial charge in [0, 0.05) is 6.20 Å². The molecule has 11 heteroatoms. The molecular formula is C16H26N3O7P. The Hall–Kier alpha value is -1.58. The van der Waals surface area contributed by atoms with Crippen LogP contribution in [0.15, 0.2) is 11.0 Å². The number of aliphatic hydroxyl groups is 2. The standard InChI is InChI=1S/C16H26N3O7P/c1-8(2)7-24-12-9(17)6-19(14(21)18-12)13-16(5,22)10(20)11(25-13)15(3,4)26-27-23/h6,8,10-11,13,20,22H,7,17H2,1-5H3. The number of nitrogens with two attached hydrogens (primary N) is 1. The van der Waals surface area contributed by atoms with Crippen molar-refractivity contribution in [2.75, 3.05) is 12.3 Å². The molecule has 4 atom stereocenters. The molecule has 0 spiro atoms. The maximum atomic E-state index is 12.5. The van der Waals surface area contributed by atoms with Crippen molar-refractivity contribution in [3.8, 4) is 5.88 Å². The van der Waals surface area contributed by atoms with Crippen LogP contribution in [0.4, 0.5) is 5.69 Å². The van der Waals surface area contributed by atoms with E-state index < -0.39 is 44.0 Å². The van der Waals surface area contributed by atoms with Crippen molar-refractivity contribution in [2.24, 2.45) is 5.92 Å². The van der Waals surface area contributed by atoms with E-state index in [0.29, 0.717) is 6.61 Å². The van der Waals surface area contributed by atoms with Crippen molar-refractivity contribution in [1.82, 2.24) is 9.55 Å². The van der Waals surface area contributed by atoms with E-state index in [0.717, 1.165) is 4.57 Å². The minimum absolute atomic E-state index is 0.00601. The molecule has 1 aromatic heterocycles. The van der Waals surface area contributed by atoms with Gasteiger partial charge in [-0.3, -0.25) is 9.09 Å². The number of nitrogen functional groups attached to an aromatic ring is 1. The quantitative estimate of drug-likeness (QED) is 0.564. The molecule has 0 saturated carbocycles. The van der Waals surface area contributed by atoms with Crippen LogP contribution in [0.25, 0.3) is 0 Å². The first-order valence-electron chi connectivity index (χ1n) is 8.50. The smallest absolute Gasteiger partial charge is 0.353 e. The highest BCUT2D eigenvalue weighted by Crippen LogP contribution is 2.43. The van der Waals surface area contributed by atoms with Gasteiger partial charge < -0.3 is 25.4 Å². The normalized spacial score (nSPS) is 28.8. The zero-order valence-corrected chi connectivity index (χ0v) is 16.8. The van der Waals surface area contributed by atoms with Gasteiger partial charge >= 0.3 is 14.4 Å². The van der Waals surface area contributed by atoms with E-state index in [-0.39, 0.29) is 17.5 Å². The largest absolute Gasteiger partial charge is 0.476 e. The molecular weight excluding hydrogens is 377 g/mol. The highest BCUT2D eigenvalue weighted by atomic mass is 31.1. The zero-order chi connectivity index (χ0) is 20.6. The topological polar surface area (TPSA) is 146 Å². The van der Waals surface area contributed by atoms with Gasteiger partial charge in [-0.15, -0.1) is 0 Å². The first-order valence-corrected chi connectivity index (χ1v) is 9.23. The van der Waals surface area contributed by atoms with Gasteiger partial charge in [-0.2, -0.15) is 4.98 Å². The number of aromatic nitrogens is 2. The van der Waals surface area contributed by atoms with E-state index in [1.54, 1.807) is 13.8 Å². The molecule has 2 rings (SSSR count). The van der Waals surface area contributed by atoms with E-state index in [2.05, 4.69) is 4.98 Å². The average Bonchev–Trinajstić information content (AvgIpc) is 2.79. The fourth-order valence-electron chi connectivity index (χ4n) is 2.84. The maximum absolute atomic E-state index is 12.5. The number of ether oxygens (including phenoxy) is 2. The number of nitrogens with zero attached hydrogens (tertiary/aromatic N) is 2. The third-order valence-corrected chi connectivity index (χ3v) is 4.91. The fraction of sp³-hybridized carbons (Fsp3) is 0.750. The molecule has 4 unspecified atom stereocenters. The van der Waals surface area contributed by atoms with Crippen LogP contribution in [0.2, 0.25) is 0 Å². The molecule has 10 nitrogen and oxygen atoms in total. The fourth-order valence-corrected chi connectivity index (χ4v) is 3.14. The Morgan fingerprint density at radius 1 is 1.52 bits per heavy atom. The Morgan fingerprint density at radius 3 is 2.70 bits per heavy atom. The van der Waals surface area contributed by atoms with Gasteiger partial charge in [-0.25, -0.2) is 9.36 Å². The van der Waals surface area contributed by atoms with Crippen LogP contribution in [-0.2, 0) is 13.8 Å². The van der Waals surface area contributed by atoms with E-state index in [1.165, 1.54) is 13.1 Å². The molecule has 1 aromatic rings. The van der Waals surface area contributed by atoms with E-state index >= 15 is 0 Å². The van der Waals surface area contributed by atoms with Crippen LogP contribution in [-0.4, -0.2) is 49.8 Å². The summed E-state index contributed by atoms with van der Waals surface area (Å²) in [5.74, 6) is 0.208. The van der Waals surface area contributed by atoms with Crippen LogP contribution in [0, 0.1) is 5.92 Å². The second-order valence-corrected chi connectivity index (χ2v) is 8.08. The summed E-state index contributed by atoms with van der Waals surface area (Å²) in [5.41, 5.74) is 2.18. The summed E-state index contributed by atoms with van der Waals surface area (Å²) in [6.45, 7) is 8.62. The summed E-state index contributed by atoms with van der Waals surface area (Å²) in [6, 6.07) is 0. The molecule has 0 aliphatic carbocycles. The summed E-state index contributed by atoms with van der Waals surface area (Å²) < 4.78 is 28.0. The van der Waals surface area contributed by atoms with Gasteiger partial charge in [-0.05, 0) is 26.7 Å². The Balaban J connectivity index is 2.38. The van der Waals surface area contributed by atoms with Crippen LogP contribution in [0.3, 0.4) is 0 Å². The van der Waals surface area contributed by atoms with Crippen molar-refractivity contribution < 1.29 is 28.8 Å². The highest BCUT2D eigenvalue weighted by molar-refractivity contribution is 7.17. The molecule has 4 N–H and O–H groups in total. The Labute approximate surface area is 158 Å². The lowest BCUT2D eigenvalue weighted by Crippen LogP contribution is -2.50. The minimum atomic E-state index is -1.86. The number of aliphatic hydroxyl groups excluding tert-OH is 1. The SMILES string of the molecule is CC(C)COc1nc(=O)n(C2OC(C(C)(C)OP=O)C(O)C2(C)O)cc1N. The second-order valence-electron chi connectivity index (χ2n) is 7.75. The van der Waals surface area contributed by atoms with Crippen LogP contribution >= 0.6 is 8.69 Å². The molecule has 0 radical (unpaired) electrons. The third kappa shape index (κ3) is 4.30. The van der Waals surface area contributed by atoms with Gasteiger partial charge in [0.15, 0.2) is 6.23 Å². The molecule has 1 fully saturated rings. The zero-order valence-electron chi connectivity index (χ0n) is 15.9. The Morgan fingerprint density at radius 2 is 2.15 bits per heavy atom. The molecule has 1 aliphatic heterocycles. The van der Waals surface area contributed by atoms with Gasteiger partial charge in [-0.1, -0.05) is 13.8 Å². The summed E-state index contributed by atoms with van der Waals surface area (Å²) in [5, 5.41) is 21.3. The van der Waals surface area contributed by atoms with Crippen LogP contribution in [0.5, 0.6) is 5.88 Å². The summed E-state index contributed by atoms with van der Waals surface area (Å²) in [7, 11) is -0.606. The van der Waals surface area contributed by atoms with Crippen molar-refractivity contribution >= 4 is 14.4 Å². The summed E-state index contributed by atoms with van der Waals surface area (Å²) in [6.07, 6.45) is -2.53. The minimum Gasteiger partial charge on any atom is -0.476 e. The molecule has 1 aliphatic rings. The molecule has 2 heterocycles. The van der Waals surface area contributed by atoms with Crippen molar-refractivity contribution in [2.45, 2.75) is 64.3 Å². The lowest BCUT2D eigenvalue weighted by atomic mass is 9.89. The first kappa shape index (κ1) is 21.7. The van der Waals surface area contributed by atoms with E-state index in [9.17, 15) is 19.6 Å². The molecule has 0 aromatic carbocycles. The number of rotatable bonds is 7. The van der Waals surface area contributed by atoms with Gasteiger partial charge in [0.05, 0.1) is 6.61 Å². The lowest BCUT2D eigenvalue weighted by molar-refractivity contribution is -0.115. The Kier molecular flexibility index (Phi) is 6.28. The predicted molar refractivity (Wildman–Crippen MR) is 96.6 cm³/mol. The number of hydrogen-bond donors (Lipinski definition) is 3.